The zero-order chi connectivity index (χ0) is 15.4. The van der Waals surface area contributed by atoms with Gasteiger partial charge in [0.1, 0.15) is 23.3 Å². The number of ether oxygens (including phenoxy) is 1. The first-order chi connectivity index (χ1) is 10.1. The molecular weight excluding hydrogens is 270 g/mol. The molecule has 0 aliphatic carbocycles. The van der Waals surface area contributed by atoms with Crippen LogP contribution in [0, 0.1) is 18.3 Å². The fourth-order valence-electron chi connectivity index (χ4n) is 1.91. The maximum Gasteiger partial charge on any atom is 0.337 e. The van der Waals surface area contributed by atoms with Gasteiger partial charge in [-0.15, -0.1) is 0 Å². The van der Waals surface area contributed by atoms with Gasteiger partial charge in [-0.3, -0.25) is 0 Å². The van der Waals surface area contributed by atoms with Crippen molar-refractivity contribution < 1.29 is 14.6 Å². The molecule has 0 saturated carbocycles. The number of aromatic nitrogens is 1. The zero-order valence-corrected chi connectivity index (χ0v) is 11.5. The number of carboxylic acids is 1. The number of anilines is 2. The Morgan fingerprint density at radius 1 is 1.38 bits per heavy atom. The number of aromatic carboxylic acids is 1. The van der Waals surface area contributed by atoms with Crippen molar-refractivity contribution in [2.24, 2.45) is 0 Å². The van der Waals surface area contributed by atoms with Crippen LogP contribution in [0.2, 0.25) is 0 Å². The van der Waals surface area contributed by atoms with Crippen molar-refractivity contribution in [1.29, 1.82) is 5.26 Å². The molecule has 6 nitrogen and oxygen atoms in total. The third-order valence-corrected chi connectivity index (χ3v) is 2.94. The lowest BCUT2D eigenvalue weighted by Gasteiger charge is -2.12. The van der Waals surface area contributed by atoms with E-state index in [2.05, 4.69) is 16.4 Å². The summed E-state index contributed by atoms with van der Waals surface area (Å²) in [5.41, 5.74) is 1.44. The number of pyridine rings is 1. The first-order valence-corrected chi connectivity index (χ1v) is 6.12. The Labute approximate surface area is 121 Å². The molecule has 6 heteroatoms. The van der Waals surface area contributed by atoms with Gasteiger partial charge in [0.15, 0.2) is 0 Å². The molecule has 1 aromatic heterocycles. The number of para-hydroxylation sites is 1. The Morgan fingerprint density at radius 2 is 2.14 bits per heavy atom. The third-order valence-electron chi connectivity index (χ3n) is 2.94. The van der Waals surface area contributed by atoms with Crippen molar-refractivity contribution in [3.05, 3.63) is 47.2 Å². The fraction of sp³-hybridized carbons (Fsp3) is 0.133. The van der Waals surface area contributed by atoms with Crippen molar-refractivity contribution in [2.75, 3.05) is 12.4 Å². The van der Waals surface area contributed by atoms with E-state index in [1.54, 1.807) is 31.2 Å². The first kappa shape index (κ1) is 14.3. The quantitative estimate of drug-likeness (QED) is 0.895. The highest BCUT2D eigenvalue weighted by molar-refractivity contribution is 5.89. The summed E-state index contributed by atoms with van der Waals surface area (Å²) in [5, 5.41) is 21.1. The minimum absolute atomic E-state index is 0.140. The highest BCUT2D eigenvalue weighted by Gasteiger charge is 2.12. The Bertz CT molecular complexity index is 735. The van der Waals surface area contributed by atoms with Crippen molar-refractivity contribution in [2.45, 2.75) is 6.92 Å². The number of hydrogen-bond acceptors (Lipinski definition) is 5. The van der Waals surface area contributed by atoms with Gasteiger partial charge in [0.2, 0.25) is 0 Å². The number of carbonyl (C=O) groups is 1. The van der Waals surface area contributed by atoms with Gasteiger partial charge in [-0.1, -0.05) is 6.07 Å². The molecule has 2 aromatic rings. The van der Waals surface area contributed by atoms with Gasteiger partial charge in [0.05, 0.1) is 23.9 Å². The zero-order valence-electron chi connectivity index (χ0n) is 11.5. The van der Waals surface area contributed by atoms with Crippen molar-refractivity contribution in [3.8, 4) is 11.8 Å². The van der Waals surface area contributed by atoms with Crippen LogP contribution in [0.3, 0.4) is 0 Å². The normalized spacial score (nSPS) is 9.76. The minimum Gasteiger partial charge on any atom is -0.495 e. The summed E-state index contributed by atoms with van der Waals surface area (Å²) >= 11 is 0. The van der Waals surface area contributed by atoms with Gasteiger partial charge in [-0.05, 0) is 31.2 Å². The number of benzene rings is 1. The van der Waals surface area contributed by atoms with E-state index in [1.807, 2.05) is 0 Å². The summed E-state index contributed by atoms with van der Waals surface area (Å²) in [7, 11) is 1.51. The number of carboxylic acid groups (broad SMARTS) is 1. The smallest absolute Gasteiger partial charge is 0.337 e. The van der Waals surface area contributed by atoms with Crippen molar-refractivity contribution in [3.63, 3.8) is 0 Å². The largest absolute Gasteiger partial charge is 0.495 e. The van der Waals surface area contributed by atoms with Crippen LogP contribution < -0.4 is 10.1 Å². The van der Waals surface area contributed by atoms with Gasteiger partial charge < -0.3 is 15.2 Å². The topological polar surface area (TPSA) is 95.2 Å². The monoisotopic (exact) mass is 283 g/mol. The molecule has 0 fully saturated rings. The van der Waals surface area contributed by atoms with Crippen LogP contribution in [0.25, 0.3) is 0 Å². The second kappa shape index (κ2) is 5.92. The summed E-state index contributed by atoms with van der Waals surface area (Å²) in [6.45, 7) is 1.61. The maximum absolute atomic E-state index is 11.0. The van der Waals surface area contributed by atoms with Crippen LogP contribution in [0.1, 0.15) is 21.6 Å². The fourth-order valence-corrected chi connectivity index (χ4v) is 1.91. The SMILES string of the molecule is COc1cccc(C#N)c1Nc1ccc(C(=O)O)c(C)n1. The van der Waals surface area contributed by atoms with Crippen molar-refractivity contribution >= 4 is 17.5 Å². The third kappa shape index (κ3) is 2.92. The minimum atomic E-state index is -1.03. The molecule has 106 valence electrons. The van der Waals surface area contributed by atoms with E-state index in [4.69, 9.17) is 15.1 Å². The summed E-state index contributed by atoms with van der Waals surface area (Å²) in [4.78, 5) is 15.2. The number of nitriles is 1. The van der Waals surface area contributed by atoms with Crippen LogP contribution in [0.4, 0.5) is 11.5 Å². The molecular formula is C15H13N3O3. The van der Waals surface area contributed by atoms with Crippen LogP contribution in [0.15, 0.2) is 30.3 Å². The van der Waals surface area contributed by atoms with E-state index in [0.29, 0.717) is 28.5 Å². The van der Waals surface area contributed by atoms with Crippen molar-refractivity contribution in [1.82, 2.24) is 4.98 Å². The molecule has 0 saturated heterocycles. The van der Waals surface area contributed by atoms with Crippen LogP contribution in [-0.2, 0) is 0 Å². The van der Waals surface area contributed by atoms with Gasteiger partial charge in [0.25, 0.3) is 0 Å². The molecule has 0 spiro atoms. The molecule has 1 aromatic carbocycles. The van der Waals surface area contributed by atoms with E-state index in [9.17, 15) is 4.79 Å². The molecule has 21 heavy (non-hydrogen) atoms. The van der Waals surface area contributed by atoms with E-state index in [0.717, 1.165) is 0 Å². The predicted molar refractivity (Wildman–Crippen MR) is 76.9 cm³/mol. The predicted octanol–water partition coefficient (Wildman–Crippen LogP) is 2.71. The molecule has 2 N–H and O–H groups in total. The van der Waals surface area contributed by atoms with E-state index < -0.39 is 5.97 Å². The summed E-state index contributed by atoms with van der Waals surface area (Å²) < 4.78 is 5.22. The summed E-state index contributed by atoms with van der Waals surface area (Å²) in [6, 6.07) is 10.2. The molecule has 2 rings (SSSR count). The van der Waals surface area contributed by atoms with Gasteiger partial charge in [-0.2, -0.15) is 5.26 Å². The first-order valence-electron chi connectivity index (χ1n) is 6.12. The molecule has 0 aliphatic heterocycles. The molecule has 0 bridgehead atoms. The Balaban J connectivity index is 2.41. The number of aryl methyl sites for hydroxylation is 1. The molecule has 0 unspecified atom stereocenters. The standard InChI is InChI=1S/C15H13N3O3/c1-9-11(15(19)20)6-7-13(17-9)18-14-10(8-16)4-3-5-12(14)21-2/h3-7H,1-2H3,(H,17,18)(H,19,20). The van der Waals surface area contributed by atoms with Gasteiger partial charge in [0, 0.05) is 0 Å². The highest BCUT2D eigenvalue weighted by Crippen LogP contribution is 2.30. The second-order valence-electron chi connectivity index (χ2n) is 4.25. The van der Waals surface area contributed by atoms with Crippen LogP contribution in [0.5, 0.6) is 5.75 Å². The molecule has 0 radical (unpaired) electrons. The lowest BCUT2D eigenvalue weighted by Crippen LogP contribution is -2.05. The molecule has 0 aliphatic rings. The highest BCUT2D eigenvalue weighted by atomic mass is 16.5. The van der Waals surface area contributed by atoms with Gasteiger partial charge >= 0.3 is 5.97 Å². The summed E-state index contributed by atoms with van der Waals surface area (Å²) in [5.74, 6) is -0.0733. The Hall–Kier alpha value is -3.07. The maximum atomic E-state index is 11.0. The average Bonchev–Trinajstić information content (AvgIpc) is 2.47. The van der Waals surface area contributed by atoms with Crippen LogP contribution >= 0.6 is 0 Å². The second-order valence-corrected chi connectivity index (χ2v) is 4.25. The molecule has 0 amide bonds. The number of nitrogens with zero attached hydrogens (tertiary/aromatic N) is 2. The number of rotatable bonds is 4. The molecule has 0 atom stereocenters. The summed E-state index contributed by atoms with van der Waals surface area (Å²) in [6.07, 6.45) is 0. The number of methoxy groups -OCH3 is 1. The average molecular weight is 283 g/mol. The van der Waals surface area contributed by atoms with E-state index in [-0.39, 0.29) is 5.56 Å². The lowest BCUT2D eigenvalue weighted by atomic mass is 10.1. The van der Waals surface area contributed by atoms with E-state index >= 15 is 0 Å². The number of nitrogens with one attached hydrogen (secondary N) is 1. The van der Waals surface area contributed by atoms with Crippen LogP contribution in [-0.4, -0.2) is 23.2 Å². The van der Waals surface area contributed by atoms with E-state index in [1.165, 1.54) is 13.2 Å². The molecule has 1 heterocycles. The number of hydrogen-bond donors (Lipinski definition) is 2. The lowest BCUT2D eigenvalue weighted by molar-refractivity contribution is 0.0695. The Kier molecular flexibility index (Phi) is 4.05. The Morgan fingerprint density at radius 3 is 2.71 bits per heavy atom. The van der Waals surface area contributed by atoms with Gasteiger partial charge in [-0.25, -0.2) is 9.78 Å².